The molecule has 7 heteroatoms. The molecule has 2 heterocycles. The second kappa shape index (κ2) is 9.15. The highest BCUT2D eigenvalue weighted by Crippen LogP contribution is 2.43. The number of carbonyl (C=O) groups is 1. The van der Waals surface area contributed by atoms with E-state index in [4.69, 9.17) is 15.7 Å². The molecule has 180 valence electrons. The van der Waals surface area contributed by atoms with Gasteiger partial charge < -0.3 is 16.2 Å². The van der Waals surface area contributed by atoms with Gasteiger partial charge >= 0.3 is 0 Å². The predicted octanol–water partition coefficient (Wildman–Crippen LogP) is 5.16. The maximum atomic E-state index is 12.0. The molecule has 35 heavy (non-hydrogen) atoms. The number of hydrogen-bond donors (Lipinski definition) is 3. The average molecular weight is 470 g/mol. The molecule has 1 aliphatic carbocycles. The molecule has 2 aromatic heterocycles. The fourth-order valence-corrected chi connectivity index (χ4v) is 4.37. The third-order valence-corrected chi connectivity index (χ3v) is 6.49. The third kappa shape index (κ3) is 4.64. The minimum Gasteiger partial charge on any atom is -0.389 e. The molecule has 1 atom stereocenters. The quantitative estimate of drug-likeness (QED) is 0.330. The summed E-state index contributed by atoms with van der Waals surface area (Å²) in [5.74, 6) is 1.18. The highest BCUT2D eigenvalue weighted by atomic mass is 16.3. The summed E-state index contributed by atoms with van der Waals surface area (Å²) in [4.78, 5) is 21.6. The number of primary amides is 1. The first-order valence-corrected chi connectivity index (χ1v) is 12.2. The van der Waals surface area contributed by atoms with Crippen LogP contribution in [-0.2, 0) is 0 Å². The molecular formula is C28H31N5O2. The molecule has 1 aliphatic rings. The maximum Gasteiger partial charge on any atom is 0.248 e. The van der Waals surface area contributed by atoms with Crippen LogP contribution >= 0.6 is 0 Å². The number of nitrogens with two attached hydrogens (primary N) is 1. The van der Waals surface area contributed by atoms with Crippen molar-refractivity contribution < 1.29 is 9.90 Å². The van der Waals surface area contributed by atoms with Crippen LogP contribution in [-0.4, -0.2) is 31.9 Å². The number of hydrogen-bond acceptors (Lipinski definition) is 5. The zero-order valence-corrected chi connectivity index (χ0v) is 20.3. The van der Waals surface area contributed by atoms with E-state index in [2.05, 4.69) is 29.6 Å². The molecule has 4 aromatic rings. The summed E-state index contributed by atoms with van der Waals surface area (Å²) in [6, 6.07) is 13.7. The Hall–Kier alpha value is -3.71. The zero-order chi connectivity index (χ0) is 24.7. The Bertz CT molecular complexity index is 1380. The lowest BCUT2D eigenvalue weighted by Gasteiger charge is -2.14. The number of amides is 1. The Labute approximate surface area is 205 Å². The SMILES string of the molecule is CC(C)CNc1nc(-c2ccc(C(C)O)cc2)cn2c(-c3ccc(C(N)=O)c(C4CC4)c3)cnc12. The van der Waals surface area contributed by atoms with E-state index in [1.54, 1.807) is 6.92 Å². The number of carbonyl (C=O) groups excluding carboxylic acids is 1. The number of aliphatic hydroxyl groups excluding tert-OH is 1. The van der Waals surface area contributed by atoms with Crippen molar-refractivity contribution in [1.29, 1.82) is 0 Å². The van der Waals surface area contributed by atoms with Crippen LogP contribution in [0.3, 0.4) is 0 Å². The van der Waals surface area contributed by atoms with Crippen LogP contribution < -0.4 is 11.1 Å². The van der Waals surface area contributed by atoms with Crippen LogP contribution in [0, 0.1) is 5.92 Å². The monoisotopic (exact) mass is 469 g/mol. The van der Waals surface area contributed by atoms with Crippen molar-refractivity contribution in [2.24, 2.45) is 11.7 Å². The summed E-state index contributed by atoms with van der Waals surface area (Å²) in [6.07, 6.45) is 5.49. The Morgan fingerprint density at radius 2 is 1.86 bits per heavy atom. The van der Waals surface area contributed by atoms with Crippen molar-refractivity contribution in [3.8, 4) is 22.5 Å². The van der Waals surface area contributed by atoms with Gasteiger partial charge in [-0.3, -0.25) is 9.20 Å². The van der Waals surface area contributed by atoms with Crippen molar-refractivity contribution in [2.45, 2.75) is 45.6 Å². The van der Waals surface area contributed by atoms with Crippen molar-refractivity contribution in [3.63, 3.8) is 0 Å². The smallest absolute Gasteiger partial charge is 0.248 e. The van der Waals surface area contributed by atoms with E-state index in [1.165, 1.54) is 0 Å². The first-order valence-electron chi connectivity index (χ1n) is 12.2. The Kier molecular flexibility index (Phi) is 6.03. The van der Waals surface area contributed by atoms with Gasteiger partial charge in [0.05, 0.1) is 23.7 Å². The van der Waals surface area contributed by atoms with E-state index in [0.29, 0.717) is 17.4 Å². The van der Waals surface area contributed by atoms with Crippen LogP contribution in [0.25, 0.3) is 28.2 Å². The highest BCUT2D eigenvalue weighted by Gasteiger charge is 2.28. The summed E-state index contributed by atoms with van der Waals surface area (Å²) in [5, 5.41) is 13.3. The molecule has 5 rings (SSSR count). The third-order valence-electron chi connectivity index (χ3n) is 6.49. The predicted molar refractivity (Wildman–Crippen MR) is 138 cm³/mol. The minimum atomic E-state index is -0.521. The Balaban J connectivity index is 1.64. The van der Waals surface area contributed by atoms with E-state index < -0.39 is 6.10 Å². The van der Waals surface area contributed by atoms with Gasteiger partial charge in [-0.1, -0.05) is 44.2 Å². The van der Waals surface area contributed by atoms with Gasteiger partial charge in [0.25, 0.3) is 0 Å². The molecule has 0 spiro atoms. The van der Waals surface area contributed by atoms with Gasteiger partial charge in [0.15, 0.2) is 11.5 Å². The number of rotatable bonds is 8. The second-order valence-corrected chi connectivity index (χ2v) is 9.83. The molecule has 0 bridgehead atoms. The van der Waals surface area contributed by atoms with Crippen molar-refractivity contribution >= 4 is 17.4 Å². The van der Waals surface area contributed by atoms with E-state index >= 15 is 0 Å². The number of nitrogens with one attached hydrogen (secondary N) is 1. The number of aliphatic hydroxyl groups is 1. The number of benzene rings is 2. The second-order valence-electron chi connectivity index (χ2n) is 9.83. The topological polar surface area (TPSA) is 106 Å². The Morgan fingerprint density at radius 1 is 1.14 bits per heavy atom. The summed E-state index contributed by atoms with van der Waals surface area (Å²) < 4.78 is 2.06. The first kappa shape index (κ1) is 23.1. The fraction of sp³-hybridized carbons (Fsp3) is 0.321. The van der Waals surface area contributed by atoms with Crippen molar-refractivity contribution in [1.82, 2.24) is 14.4 Å². The molecule has 1 unspecified atom stereocenters. The van der Waals surface area contributed by atoms with Gasteiger partial charge in [0.2, 0.25) is 5.91 Å². The number of fused-ring (bicyclic) bond motifs is 1. The molecule has 0 radical (unpaired) electrons. The van der Waals surface area contributed by atoms with E-state index in [0.717, 1.165) is 64.5 Å². The summed E-state index contributed by atoms with van der Waals surface area (Å²) in [7, 11) is 0. The normalized spacial score (nSPS) is 14.4. The first-order chi connectivity index (χ1) is 16.8. The molecule has 2 aromatic carbocycles. The molecule has 0 aliphatic heterocycles. The van der Waals surface area contributed by atoms with Gasteiger partial charge in [-0.15, -0.1) is 0 Å². The van der Waals surface area contributed by atoms with Gasteiger partial charge in [0, 0.05) is 29.4 Å². The van der Waals surface area contributed by atoms with Crippen molar-refractivity contribution in [3.05, 3.63) is 71.5 Å². The van der Waals surface area contributed by atoms with Crippen LogP contribution in [0.2, 0.25) is 0 Å². The number of aromatic nitrogens is 3. The van der Waals surface area contributed by atoms with Gasteiger partial charge in [0.1, 0.15) is 0 Å². The largest absolute Gasteiger partial charge is 0.389 e. The molecule has 7 nitrogen and oxygen atoms in total. The summed E-state index contributed by atoms with van der Waals surface area (Å²) in [6.45, 7) is 6.83. The number of imidazole rings is 1. The minimum absolute atomic E-state index is 0.385. The van der Waals surface area contributed by atoms with Crippen LogP contribution in [0.1, 0.15) is 67.1 Å². The molecule has 1 amide bonds. The molecular weight excluding hydrogens is 438 g/mol. The summed E-state index contributed by atoms with van der Waals surface area (Å²) in [5.41, 5.74) is 12.5. The van der Waals surface area contributed by atoms with Crippen LogP contribution in [0.5, 0.6) is 0 Å². The van der Waals surface area contributed by atoms with Crippen molar-refractivity contribution in [2.75, 3.05) is 11.9 Å². The standard InChI is InChI=1S/C28H31N5O2/c1-16(2)13-30-27-28-31-14-25(21-10-11-22(26(29)35)23(12-21)19-6-7-19)33(28)15-24(32-27)20-8-4-18(5-9-20)17(3)34/h4-5,8-12,14-17,19,34H,6-7,13H2,1-3H3,(H2,29,35)(H,30,32). The molecule has 1 fully saturated rings. The fourth-order valence-electron chi connectivity index (χ4n) is 4.37. The lowest BCUT2D eigenvalue weighted by molar-refractivity contribution is 0.0999. The number of anilines is 1. The van der Waals surface area contributed by atoms with Crippen LogP contribution in [0.15, 0.2) is 54.9 Å². The lowest BCUT2D eigenvalue weighted by Crippen LogP contribution is -2.13. The lowest BCUT2D eigenvalue weighted by atomic mass is 9.98. The van der Waals surface area contributed by atoms with Gasteiger partial charge in [-0.2, -0.15) is 0 Å². The zero-order valence-electron chi connectivity index (χ0n) is 20.3. The van der Waals surface area contributed by atoms with E-state index in [-0.39, 0.29) is 5.91 Å². The summed E-state index contributed by atoms with van der Waals surface area (Å²) >= 11 is 0. The maximum absolute atomic E-state index is 12.0. The van der Waals surface area contributed by atoms with E-state index in [9.17, 15) is 9.90 Å². The molecule has 0 saturated heterocycles. The van der Waals surface area contributed by atoms with E-state index in [1.807, 2.05) is 48.8 Å². The molecule has 1 saturated carbocycles. The average Bonchev–Trinajstić information content (AvgIpc) is 3.60. The Morgan fingerprint density at radius 3 is 2.49 bits per heavy atom. The molecule has 4 N–H and O–H groups in total. The highest BCUT2D eigenvalue weighted by molar-refractivity contribution is 5.95. The van der Waals surface area contributed by atoms with Crippen LogP contribution in [0.4, 0.5) is 5.82 Å². The van der Waals surface area contributed by atoms with Gasteiger partial charge in [-0.25, -0.2) is 9.97 Å². The number of nitrogens with zero attached hydrogens (tertiary/aromatic N) is 3. The van der Waals surface area contributed by atoms with Gasteiger partial charge in [-0.05, 0) is 54.9 Å².